The molecule has 0 aromatic heterocycles. The van der Waals surface area contributed by atoms with Crippen molar-refractivity contribution in [2.75, 3.05) is 20.8 Å². The lowest BCUT2D eigenvalue weighted by Crippen LogP contribution is -2.54. The van der Waals surface area contributed by atoms with Crippen LogP contribution >= 0.6 is 0 Å². The fourth-order valence-corrected chi connectivity index (χ4v) is 6.19. The first-order valence-corrected chi connectivity index (χ1v) is 15.4. The second kappa shape index (κ2) is 14.8. The number of ketones is 1. The van der Waals surface area contributed by atoms with Gasteiger partial charge < -0.3 is 24.8 Å². The molecule has 4 atom stereocenters. The van der Waals surface area contributed by atoms with Crippen LogP contribution in [0.1, 0.15) is 77.8 Å². The Labute approximate surface area is 261 Å². The molecule has 0 unspecified atom stereocenters. The third-order valence-electron chi connectivity index (χ3n) is 9.06. The minimum Gasteiger partial charge on any atom is -0.481 e. The van der Waals surface area contributed by atoms with E-state index in [0.717, 1.165) is 22.3 Å². The van der Waals surface area contributed by atoms with Crippen LogP contribution in [0.2, 0.25) is 0 Å². The number of nitrogens with one attached hydrogen (secondary N) is 1. The summed E-state index contributed by atoms with van der Waals surface area (Å²) in [5, 5.41) is 12.1. The molecule has 1 aliphatic carbocycles. The van der Waals surface area contributed by atoms with E-state index < -0.39 is 35.7 Å². The third-order valence-corrected chi connectivity index (χ3v) is 9.06. The molecule has 240 valence electrons. The summed E-state index contributed by atoms with van der Waals surface area (Å²) in [5.74, 6) is -2.59. The molecule has 0 aliphatic heterocycles. The highest BCUT2D eigenvalue weighted by Crippen LogP contribution is 2.44. The van der Waals surface area contributed by atoms with Gasteiger partial charge in [-0.2, -0.15) is 0 Å². The molecule has 2 amide bonds. The highest BCUT2D eigenvalue weighted by Gasteiger charge is 2.40. The molecule has 9 nitrogen and oxygen atoms in total. The van der Waals surface area contributed by atoms with Crippen molar-refractivity contribution in [2.24, 2.45) is 17.8 Å². The van der Waals surface area contributed by atoms with Crippen LogP contribution in [0.4, 0.5) is 4.79 Å². The molecule has 0 saturated heterocycles. The van der Waals surface area contributed by atoms with E-state index in [1.54, 1.807) is 25.8 Å². The van der Waals surface area contributed by atoms with Crippen LogP contribution in [0.5, 0.6) is 0 Å². The summed E-state index contributed by atoms with van der Waals surface area (Å²) in [6.45, 7) is 11.0. The van der Waals surface area contributed by atoms with Gasteiger partial charge in [0.2, 0.25) is 5.91 Å². The highest BCUT2D eigenvalue weighted by atomic mass is 16.5. The predicted molar refractivity (Wildman–Crippen MR) is 169 cm³/mol. The van der Waals surface area contributed by atoms with Gasteiger partial charge in [0.15, 0.2) is 5.78 Å². The van der Waals surface area contributed by atoms with E-state index in [-0.39, 0.29) is 48.9 Å². The van der Waals surface area contributed by atoms with Crippen molar-refractivity contribution < 1.29 is 33.8 Å². The summed E-state index contributed by atoms with van der Waals surface area (Å²) < 4.78 is 11.2. The topological polar surface area (TPSA) is 122 Å². The average Bonchev–Trinajstić information content (AvgIpc) is 3.30. The van der Waals surface area contributed by atoms with E-state index in [1.807, 2.05) is 64.1 Å². The zero-order valence-corrected chi connectivity index (χ0v) is 27.3. The number of benzene rings is 2. The number of alkyl carbamates (subject to hydrolysis) is 1. The SMILES string of the molecule is CC[C@H](C)[C@@H]([C@@H](CC(=O)O)OC)N(C)C(=O)[C@@H](CC(=O)C(C)(C)NC(=O)OCC1c2ccccc2-c2ccccc21)C(C)C. The number of amides is 2. The normalized spacial score (nSPS) is 15.5. The van der Waals surface area contributed by atoms with Crippen molar-refractivity contribution in [3.05, 3.63) is 59.7 Å². The van der Waals surface area contributed by atoms with Gasteiger partial charge in [-0.1, -0.05) is 82.6 Å². The van der Waals surface area contributed by atoms with Crippen molar-refractivity contribution >= 4 is 23.8 Å². The van der Waals surface area contributed by atoms with Gasteiger partial charge in [-0.3, -0.25) is 14.4 Å². The van der Waals surface area contributed by atoms with Gasteiger partial charge in [0.25, 0.3) is 0 Å². The molecule has 1 aliphatic rings. The number of carbonyl (C=O) groups excluding carboxylic acids is 3. The van der Waals surface area contributed by atoms with Crippen LogP contribution in [0.15, 0.2) is 48.5 Å². The minimum absolute atomic E-state index is 0.0385. The predicted octanol–water partition coefficient (Wildman–Crippen LogP) is 5.90. The minimum atomic E-state index is -1.29. The number of hydrogen-bond acceptors (Lipinski definition) is 6. The van der Waals surface area contributed by atoms with Crippen molar-refractivity contribution in [3.63, 3.8) is 0 Å². The van der Waals surface area contributed by atoms with Crippen molar-refractivity contribution in [3.8, 4) is 11.1 Å². The van der Waals surface area contributed by atoms with Crippen LogP contribution in [0.25, 0.3) is 11.1 Å². The van der Waals surface area contributed by atoms with Gasteiger partial charge in [0, 0.05) is 32.4 Å². The number of methoxy groups -OCH3 is 1. The largest absolute Gasteiger partial charge is 0.481 e. The van der Waals surface area contributed by atoms with E-state index in [0.29, 0.717) is 6.42 Å². The Bertz CT molecular complexity index is 1290. The molecule has 44 heavy (non-hydrogen) atoms. The molecule has 0 saturated carbocycles. The van der Waals surface area contributed by atoms with Crippen molar-refractivity contribution in [2.45, 2.75) is 84.4 Å². The second-order valence-corrected chi connectivity index (χ2v) is 12.8. The number of likely N-dealkylation sites (N-methyl/N-ethyl adjacent to an activating group) is 1. The Hall–Kier alpha value is -3.72. The smallest absolute Gasteiger partial charge is 0.407 e. The first-order valence-electron chi connectivity index (χ1n) is 15.4. The summed E-state index contributed by atoms with van der Waals surface area (Å²) in [4.78, 5) is 53.5. The number of Topliss-reactive ketones (excluding diaryl/α,β-unsaturated/α-hetero) is 1. The Morgan fingerprint density at radius 3 is 1.98 bits per heavy atom. The van der Waals surface area contributed by atoms with Crippen LogP contribution in [-0.4, -0.2) is 72.2 Å². The van der Waals surface area contributed by atoms with Gasteiger partial charge in [-0.15, -0.1) is 0 Å². The van der Waals surface area contributed by atoms with E-state index in [2.05, 4.69) is 17.4 Å². The number of carbonyl (C=O) groups is 4. The fourth-order valence-electron chi connectivity index (χ4n) is 6.19. The zero-order chi connectivity index (χ0) is 32.8. The molecule has 0 spiro atoms. The number of rotatable bonds is 15. The molecule has 2 aromatic carbocycles. The van der Waals surface area contributed by atoms with E-state index >= 15 is 0 Å². The monoisotopic (exact) mass is 608 g/mol. The number of fused-ring (bicyclic) bond motifs is 3. The van der Waals surface area contributed by atoms with E-state index in [1.165, 1.54) is 7.11 Å². The summed E-state index contributed by atoms with van der Waals surface area (Å²) in [5.41, 5.74) is 3.14. The lowest BCUT2D eigenvalue weighted by atomic mass is 9.83. The lowest BCUT2D eigenvalue weighted by Gasteiger charge is -2.39. The van der Waals surface area contributed by atoms with Crippen LogP contribution in [0, 0.1) is 17.8 Å². The lowest BCUT2D eigenvalue weighted by molar-refractivity contribution is -0.149. The average molecular weight is 609 g/mol. The van der Waals surface area contributed by atoms with Crippen LogP contribution < -0.4 is 5.32 Å². The number of hydrogen-bond donors (Lipinski definition) is 2. The van der Waals surface area contributed by atoms with Crippen LogP contribution in [0.3, 0.4) is 0 Å². The first kappa shape index (κ1) is 34.8. The molecule has 0 radical (unpaired) electrons. The summed E-state index contributed by atoms with van der Waals surface area (Å²) in [6, 6.07) is 15.6. The van der Waals surface area contributed by atoms with Gasteiger partial charge >= 0.3 is 12.1 Å². The number of ether oxygens (including phenoxy) is 2. The fraction of sp³-hybridized carbons (Fsp3) is 0.543. The molecule has 0 fully saturated rings. The van der Waals surface area contributed by atoms with Gasteiger partial charge in [-0.25, -0.2) is 4.79 Å². The molecule has 0 heterocycles. The van der Waals surface area contributed by atoms with E-state index in [9.17, 15) is 24.3 Å². The molecule has 2 aromatic rings. The Kier molecular flexibility index (Phi) is 11.7. The maximum Gasteiger partial charge on any atom is 0.407 e. The van der Waals surface area contributed by atoms with E-state index in [4.69, 9.17) is 9.47 Å². The first-order chi connectivity index (χ1) is 20.7. The second-order valence-electron chi connectivity index (χ2n) is 12.8. The Morgan fingerprint density at radius 2 is 1.50 bits per heavy atom. The molecule has 0 bridgehead atoms. The standard InChI is InChI=1S/C35H48N2O7/c1-9-22(4)32(29(43-8)19-31(39)40)37(7)33(41)27(21(2)3)18-30(38)35(5,6)36-34(42)44-20-28-25-16-12-10-14-23(25)24-15-11-13-17-26(24)28/h10-17,21-22,27-29,32H,9,18-20H2,1-8H3,(H,36,42)(H,39,40)/t22-,27-,29+,32-/m0/s1. The van der Waals surface area contributed by atoms with Crippen LogP contribution in [-0.2, 0) is 23.9 Å². The van der Waals surface area contributed by atoms with Gasteiger partial charge in [0.1, 0.15) is 6.61 Å². The quantitative estimate of drug-likeness (QED) is 0.258. The Balaban J connectivity index is 1.69. The maximum atomic E-state index is 13.8. The molecular weight excluding hydrogens is 560 g/mol. The third kappa shape index (κ3) is 7.86. The summed E-state index contributed by atoms with van der Waals surface area (Å²) in [6.07, 6.45) is -1.04. The summed E-state index contributed by atoms with van der Waals surface area (Å²) in [7, 11) is 3.09. The number of nitrogens with zero attached hydrogens (tertiary/aromatic N) is 1. The molecule has 3 rings (SSSR count). The number of aliphatic carboxylic acids is 1. The number of carboxylic acids is 1. The maximum absolute atomic E-state index is 13.8. The Morgan fingerprint density at radius 1 is 0.955 bits per heavy atom. The summed E-state index contributed by atoms with van der Waals surface area (Å²) >= 11 is 0. The molecular formula is C35H48N2O7. The van der Waals surface area contributed by atoms with Crippen molar-refractivity contribution in [1.29, 1.82) is 0 Å². The van der Waals surface area contributed by atoms with Crippen molar-refractivity contribution in [1.82, 2.24) is 10.2 Å². The number of carboxylic acid groups (broad SMARTS) is 1. The zero-order valence-electron chi connectivity index (χ0n) is 27.3. The highest BCUT2D eigenvalue weighted by molar-refractivity contribution is 5.94. The molecule has 2 N–H and O–H groups in total. The molecule has 9 heteroatoms. The van der Waals surface area contributed by atoms with Gasteiger partial charge in [-0.05, 0) is 47.9 Å². The van der Waals surface area contributed by atoms with Gasteiger partial charge in [0.05, 0.1) is 24.1 Å².